The van der Waals surface area contributed by atoms with Gasteiger partial charge in [-0.2, -0.15) is 4.98 Å². The van der Waals surface area contributed by atoms with E-state index in [1.165, 1.54) is 12.8 Å². The van der Waals surface area contributed by atoms with Gasteiger partial charge in [0.1, 0.15) is 5.82 Å². The first kappa shape index (κ1) is 20.1. The maximum atomic E-state index is 12.8. The van der Waals surface area contributed by atoms with E-state index in [-0.39, 0.29) is 6.03 Å². The Morgan fingerprint density at radius 2 is 1.73 bits per heavy atom. The molecule has 2 aliphatic rings. The van der Waals surface area contributed by atoms with E-state index in [1.54, 1.807) is 31.3 Å². The normalized spacial score (nSPS) is 16.5. The Morgan fingerprint density at radius 3 is 2.43 bits per heavy atom. The molecule has 0 atom stereocenters. The lowest BCUT2D eigenvalue weighted by Gasteiger charge is -2.35. The average Bonchev–Trinajstić information content (AvgIpc) is 3.34. The van der Waals surface area contributed by atoms with Crippen LogP contribution >= 0.6 is 0 Å². The summed E-state index contributed by atoms with van der Waals surface area (Å²) < 4.78 is 10.7. The maximum absolute atomic E-state index is 12.8. The number of anilines is 3. The highest BCUT2D eigenvalue weighted by atomic mass is 16.5. The lowest BCUT2D eigenvalue weighted by Crippen LogP contribution is -2.50. The van der Waals surface area contributed by atoms with Gasteiger partial charge >= 0.3 is 6.03 Å². The van der Waals surface area contributed by atoms with E-state index in [9.17, 15) is 4.79 Å². The number of carbonyl (C=O) groups is 1. The van der Waals surface area contributed by atoms with Crippen LogP contribution in [0.2, 0.25) is 0 Å². The molecule has 0 unspecified atom stereocenters. The van der Waals surface area contributed by atoms with Crippen LogP contribution in [0.3, 0.4) is 0 Å². The van der Waals surface area contributed by atoms with Crippen LogP contribution in [-0.2, 0) is 0 Å². The molecule has 9 nitrogen and oxygen atoms in total. The Hall–Kier alpha value is -3.23. The third-order valence-corrected chi connectivity index (χ3v) is 5.55. The highest BCUT2D eigenvalue weighted by Crippen LogP contribution is 2.34. The van der Waals surface area contributed by atoms with Crippen molar-refractivity contribution in [1.82, 2.24) is 14.9 Å². The van der Waals surface area contributed by atoms with Crippen LogP contribution < -0.4 is 24.6 Å². The van der Waals surface area contributed by atoms with E-state index in [1.807, 2.05) is 18.3 Å². The van der Waals surface area contributed by atoms with E-state index in [0.717, 1.165) is 37.9 Å². The van der Waals surface area contributed by atoms with E-state index in [0.29, 0.717) is 30.3 Å². The fourth-order valence-corrected chi connectivity index (χ4v) is 3.90. The van der Waals surface area contributed by atoms with Crippen LogP contribution in [0.5, 0.6) is 11.5 Å². The highest BCUT2D eigenvalue weighted by Gasteiger charge is 2.24. The summed E-state index contributed by atoms with van der Waals surface area (Å²) in [5, 5.41) is 2.94. The quantitative estimate of drug-likeness (QED) is 0.808. The van der Waals surface area contributed by atoms with Gasteiger partial charge in [-0.1, -0.05) is 6.07 Å². The van der Waals surface area contributed by atoms with Crippen molar-refractivity contribution < 1.29 is 14.3 Å². The maximum Gasteiger partial charge on any atom is 0.322 e. The van der Waals surface area contributed by atoms with E-state index < -0.39 is 0 Å². The van der Waals surface area contributed by atoms with Gasteiger partial charge in [0.05, 0.1) is 19.9 Å². The first-order valence-electron chi connectivity index (χ1n) is 10.3. The molecule has 0 radical (unpaired) electrons. The second-order valence-electron chi connectivity index (χ2n) is 7.35. The van der Waals surface area contributed by atoms with Crippen LogP contribution in [0, 0.1) is 0 Å². The van der Waals surface area contributed by atoms with Gasteiger partial charge < -0.3 is 29.5 Å². The molecule has 1 aromatic heterocycles. The Balaban J connectivity index is 1.37. The molecular formula is C21H28N6O3. The Labute approximate surface area is 176 Å². The van der Waals surface area contributed by atoms with Crippen molar-refractivity contribution in [2.45, 2.75) is 12.8 Å². The number of ether oxygens (including phenoxy) is 2. The summed E-state index contributed by atoms with van der Waals surface area (Å²) in [5.41, 5.74) is 0.593. The van der Waals surface area contributed by atoms with E-state index >= 15 is 0 Å². The van der Waals surface area contributed by atoms with Crippen LogP contribution in [0.15, 0.2) is 30.5 Å². The van der Waals surface area contributed by atoms with Gasteiger partial charge in [0.25, 0.3) is 0 Å². The minimum absolute atomic E-state index is 0.151. The third kappa shape index (κ3) is 4.19. The van der Waals surface area contributed by atoms with Crippen molar-refractivity contribution in [1.29, 1.82) is 0 Å². The lowest BCUT2D eigenvalue weighted by atomic mass is 10.2. The summed E-state index contributed by atoms with van der Waals surface area (Å²) in [6.07, 6.45) is 4.21. The van der Waals surface area contributed by atoms with Crippen LogP contribution in [-0.4, -0.2) is 74.4 Å². The highest BCUT2D eigenvalue weighted by molar-refractivity contribution is 5.91. The van der Waals surface area contributed by atoms with Crippen LogP contribution in [0.4, 0.5) is 22.2 Å². The Bertz CT molecular complexity index is 879. The molecule has 1 N–H and O–H groups in total. The molecule has 9 heteroatoms. The molecule has 30 heavy (non-hydrogen) atoms. The Kier molecular flexibility index (Phi) is 6.06. The van der Waals surface area contributed by atoms with Crippen molar-refractivity contribution >= 4 is 23.5 Å². The standard InChI is InChI=1S/C21H28N6O3/c1-29-17-7-5-6-16(19(17)30-2)23-21(28)27-14-12-25(13-15-27)18-8-9-22-20(24-18)26-10-3-4-11-26/h5-9H,3-4,10-15H2,1-2H3,(H,23,28). The monoisotopic (exact) mass is 412 g/mol. The van der Waals surface area contributed by atoms with Gasteiger partial charge in [-0.3, -0.25) is 0 Å². The molecule has 2 amide bonds. The summed E-state index contributed by atoms with van der Waals surface area (Å²) in [5.74, 6) is 2.82. The van der Waals surface area contributed by atoms with Gasteiger partial charge in [0.15, 0.2) is 11.5 Å². The molecule has 3 heterocycles. The molecule has 2 fully saturated rings. The molecule has 1 aromatic carbocycles. The molecule has 0 aliphatic carbocycles. The number of para-hydroxylation sites is 1. The zero-order valence-corrected chi connectivity index (χ0v) is 17.5. The second-order valence-corrected chi connectivity index (χ2v) is 7.35. The summed E-state index contributed by atoms with van der Waals surface area (Å²) in [6, 6.07) is 7.21. The summed E-state index contributed by atoms with van der Waals surface area (Å²) in [6.45, 7) is 4.71. The van der Waals surface area contributed by atoms with E-state index in [4.69, 9.17) is 14.5 Å². The Morgan fingerprint density at radius 1 is 0.967 bits per heavy atom. The van der Waals surface area contributed by atoms with Crippen LogP contribution in [0.25, 0.3) is 0 Å². The first-order valence-corrected chi connectivity index (χ1v) is 10.3. The summed E-state index contributed by atoms with van der Waals surface area (Å²) >= 11 is 0. The minimum atomic E-state index is -0.151. The first-order chi connectivity index (χ1) is 14.7. The van der Waals surface area contributed by atoms with Gasteiger partial charge in [0.2, 0.25) is 5.95 Å². The number of hydrogen-bond donors (Lipinski definition) is 1. The molecule has 0 bridgehead atoms. The molecule has 0 spiro atoms. The zero-order valence-electron chi connectivity index (χ0n) is 17.5. The fourth-order valence-electron chi connectivity index (χ4n) is 3.90. The summed E-state index contributed by atoms with van der Waals surface area (Å²) in [4.78, 5) is 28.2. The number of carbonyl (C=O) groups excluding carboxylic acids is 1. The number of urea groups is 1. The van der Waals surface area contributed by atoms with Crippen molar-refractivity contribution in [3.63, 3.8) is 0 Å². The number of amides is 2. The summed E-state index contributed by atoms with van der Waals surface area (Å²) in [7, 11) is 3.13. The number of aromatic nitrogens is 2. The lowest BCUT2D eigenvalue weighted by molar-refractivity contribution is 0.208. The third-order valence-electron chi connectivity index (χ3n) is 5.55. The molecular weight excluding hydrogens is 384 g/mol. The predicted octanol–water partition coefficient (Wildman–Crippen LogP) is 2.45. The fraction of sp³-hybridized carbons (Fsp3) is 0.476. The van der Waals surface area contributed by atoms with Crippen molar-refractivity contribution in [3.05, 3.63) is 30.5 Å². The largest absolute Gasteiger partial charge is 0.493 e. The topological polar surface area (TPSA) is 83.1 Å². The van der Waals surface area contributed by atoms with Crippen molar-refractivity contribution in [3.8, 4) is 11.5 Å². The van der Waals surface area contributed by atoms with Crippen molar-refractivity contribution in [2.75, 3.05) is 68.6 Å². The van der Waals surface area contributed by atoms with Crippen molar-refractivity contribution in [2.24, 2.45) is 0 Å². The number of benzene rings is 1. The zero-order chi connectivity index (χ0) is 20.9. The number of rotatable bonds is 5. The number of piperazine rings is 1. The van der Waals surface area contributed by atoms with Gasteiger partial charge in [-0.15, -0.1) is 0 Å². The van der Waals surface area contributed by atoms with Crippen LogP contribution in [0.1, 0.15) is 12.8 Å². The number of hydrogen-bond acceptors (Lipinski definition) is 7. The van der Waals surface area contributed by atoms with Gasteiger partial charge in [-0.25, -0.2) is 9.78 Å². The SMILES string of the molecule is COc1cccc(NC(=O)N2CCN(c3ccnc(N4CCCC4)n3)CC2)c1OC. The molecule has 2 aromatic rings. The predicted molar refractivity (Wildman–Crippen MR) is 116 cm³/mol. The molecule has 2 saturated heterocycles. The van der Waals surface area contributed by atoms with Gasteiger partial charge in [-0.05, 0) is 31.0 Å². The smallest absolute Gasteiger partial charge is 0.322 e. The minimum Gasteiger partial charge on any atom is -0.493 e. The number of methoxy groups -OCH3 is 2. The number of nitrogens with zero attached hydrogens (tertiary/aromatic N) is 5. The van der Waals surface area contributed by atoms with Gasteiger partial charge in [0, 0.05) is 45.5 Å². The second kappa shape index (κ2) is 9.06. The molecule has 0 saturated carbocycles. The number of nitrogens with one attached hydrogen (secondary N) is 1. The molecule has 160 valence electrons. The molecule has 2 aliphatic heterocycles. The molecule has 4 rings (SSSR count). The van der Waals surface area contributed by atoms with E-state index in [2.05, 4.69) is 20.1 Å². The average molecular weight is 412 g/mol.